The Kier molecular flexibility index (Phi) is 4.58. The molecule has 0 fully saturated rings. The predicted octanol–water partition coefficient (Wildman–Crippen LogP) is 4.21. The molecule has 0 bridgehead atoms. The molecule has 21 heavy (non-hydrogen) atoms. The van der Waals surface area contributed by atoms with Gasteiger partial charge >= 0.3 is 0 Å². The molecule has 1 aromatic carbocycles. The second kappa shape index (κ2) is 6.22. The molecule has 112 valence electrons. The van der Waals surface area contributed by atoms with Crippen LogP contribution in [0.3, 0.4) is 0 Å². The van der Waals surface area contributed by atoms with Crippen molar-refractivity contribution in [3.05, 3.63) is 53.6 Å². The van der Waals surface area contributed by atoms with Gasteiger partial charge in [0.1, 0.15) is 5.75 Å². The van der Waals surface area contributed by atoms with E-state index >= 15 is 0 Å². The van der Waals surface area contributed by atoms with Gasteiger partial charge in [-0.25, -0.2) is 4.39 Å². The third-order valence-corrected chi connectivity index (χ3v) is 3.06. The fraction of sp³-hybridized carbons (Fsp3) is 0.353. The number of hydrogen-bond donors (Lipinski definition) is 1. The van der Waals surface area contributed by atoms with Crippen LogP contribution >= 0.6 is 0 Å². The van der Waals surface area contributed by atoms with Gasteiger partial charge in [-0.1, -0.05) is 12.1 Å². The highest BCUT2D eigenvalue weighted by Crippen LogP contribution is 2.28. The first-order chi connectivity index (χ1) is 9.87. The van der Waals surface area contributed by atoms with Gasteiger partial charge in [0.25, 0.3) is 0 Å². The number of ether oxygens (including phenoxy) is 1. The van der Waals surface area contributed by atoms with Gasteiger partial charge in [0, 0.05) is 23.8 Å². The second-order valence-corrected chi connectivity index (χ2v) is 6.08. The summed E-state index contributed by atoms with van der Waals surface area (Å²) in [7, 11) is 0. The zero-order valence-corrected chi connectivity index (χ0v) is 12.9. The first kappa shape index (κ1) is 15.4. The fourth-order valence-corrected chi connectivity index (χ4v) is 1.82. The number of hydrogen-bond acceptors (Lipinski definition) is 3. The molecule has 0 spiro atoms. The molecule has 2 aromatic rings. The Labute approximate surface area is 125 Å². The van der Waals surface area contributed by atoms with Crippen molar-refractivity contribution in [2.45, 2.75) is 39.8 Å². The Morgan fingerprint density at radius 2 is 1.95 bits per heavy atom. The highest BCUT2D eigenvalue weighted by molar-refractivity contribution is 5.38. The molecule has 0 radical (unpaired) electrons. The Morgan fingerprint density at radius 1 is 1.19 bits per heavy atom. The number of nitrogens with zero attached hydrogens (tertiary/aromatic N) is 1. The Bertz CT molecular complexity index is 620. The zero-order valence-electron chi connectivity index (χ0n) is 12.9. The fourth-order valence-electron chi connectivity index (χ4n) is 1.82. The van der Waals surface area contributed by atoms with Crippen LogP contribution in [0.2, 0.25) is 0 Å². The van der Waals surface area contributed by atoms with E-state index in [4.69, 9.17) is 4.74 Å². The van der Waals surface area contributed by atoms with Gasteiger partial charge in [-0.05, 0) is 45.4 Å². The molecule has 0 aliphatic carbocycles. The van der Waals surface area contributed by atoms with Crippen LogP contribution in [-0.4, -0.2) is 10.5 Å². The van der Waals surface area contributed by atoms with E-state index in [0.29, 0.717) is 17.9 Å². The summed E-state index contributed by atoms with van der Waals surface area (Å²) in [6.45, 7) is 8.63. The molecule has 4 heteroatoms. The highest BCUT2D eigenvalue weighted by Gasteiger charge is 2.13. The van der Waals surface area contributed by atoms with E-state index in [1.807, 2.05) is 6.07 Å². The standard InChI is InChI=1S/C17H21FN2O/c1-12-6-5-7-14(16(12)18)21-15-11-19-9-8-13(15)10-20-17(2,3)4/h5-9,11,20H,10H2,1-4H3. The quantitative estimate of drug-likeness (QED) is 0.915. The van der Waals surface area contributed by atoms with Crippen LogP contribution in [-0.2, 0) is 6.54 Å². The third kappa shape index (κ3) is 4.26. The molecule has 0 unspecified atom stereocenters. The highest BCUT2D eigenvalue weighted by atomic mass is 19.1. The molecule has 0 saturated carbocycles. The SMILES string of the molecule is Cc1cccc(Oc2cnccc2CNC(C)(C)C)c1F. The summed E-state index contributed by atoms with van der Waals surface area (Å²) < 4.78 is 19.7. The van der Waals surface area contributed by atoms with E-state index in [1.54, 1.807) is 37.5 Å². The average molecular weight is 288 g/mol. The van der Waals surface area contributed by atoms with Crippen LogP contribution in [0.1, 0.15) is 31.9 Å². The van der Waals surface area contributed by atoms with Gasteiger partial charge in [0.2, 0.25) is 0 Å². The van der Waals surface area contributed by atoms with Gasteiger partial charge in [-0.3, -0.25) is 4.98 Å². The normalized spacial score (nSPS) is 11.5. The van der Waals surface area contributed by atoms with Gasteiger partial charge in [-0.2, -0.15) is 0 Å². The molecule has 1 N–H and O–H groups in total. The van der Waals surface area contributed by atoms with Crippen molar-refractivity contribution in [2.24, 2.45) is 0 Å². The van der Waals surface area contributed by atoms with E-state index in [-0.39, 0.29) is 17.1 Å². The predicted molar refractivity (Wildman–Crippen MR) is 82.0 cm³/mol. The van der Waals surface area contributed by atoms with E-state index in [9.17, 15) is 4.39 Å². The maximum Gasteiger partial charge on any atom is 0.168 e. The van der Waals surface area contributed by atoms with Crippen LogP contribution in [0.25, 0.3) is 0 Å². The van der Waals surface area contributed by atoms with Crippen LogP contribution in [0.15, 0.2) is 36.7 Å². The lowest BCUT2D eigenvalue weighted by Gasteiger charge is -2.21. The van der Waals surface area contributed by atoms with E-state index in [0.717, 1.165) is 5.56 Å². The number of aromatic nitrogens is 1. The monoisotopic (exact) mass is 288 g/mol. The van der Waals surface area contributed by atoms with Crippen molar-refractivity contribution in [1.29, 1.82) is 0 Å². The number of rotatable bonds is 4. The van der Waals surface area contributed by atoms with Gasteiger partial charge in [0.05, 0.1) is 6.20 Å². The minimum Gasteiger partial charge on any atom is -0.452 e. The van der Waals surface area contributed by atoms with E-state index in [2.05, 4.69) is 31.1 Å². The Morgan fingerprint density at radius 3 is 2.67 bits per heavy atom. The minimum absolute atomic E-state index is 0.00484. The van der Waals surface area contributed by atoms with Crippen molar-refractivity contribution in [2.75, 3.05) is 0 Å². The summed E-state index contributed by atoms with van der Waals surface area (Å²) in [4.78, 5) is 4.06. The first-order valence-electron chi connectivity index (χ1n) is 6.98. The van der Waals surface area contributed by atoms with Crippen LogP contribution < -0.4 is 10.1 Å². The number of benzene rings is 1. The number of halogens is 1. The maximum absolute atomic E-state index is 14.0. The average Bonchev–Trinajstić information content (AvgIpc) is 2.42. The lowest BCUT2D eigenvalue weighted by atomic mass is 10.1. The Hall–Kier alpha value is -1.94. The number of nitrogens with one attached hydrogen (secondary N) is 1. The molecule has 0 aliphatic heterocycles. The molecular weight excluding hydrogens is 267 g/mol. The molecule has 0 amide bonds. The summed E-state index contributed by atoms with van der Waals surface area (Å²) in [6, 6.07) is 6.99. The van der Waals surface area contributed by atoms with Crippen molar-refractivity contribution >= 4 is 0 Å². The molecule has 3 nitrogen and oxygen atoms in total. The Balaban J connectivity index is 2.22. The first-order valence-corrected chi connectivity index (χ1v) is 6.98. The van der Waals surface area contributed by atoms with E-state index in [1.165, 1.54) is 0 Å². The van der Waals surface area contributed by atoms with Crippen LogP contribution in [0.4, 0.5) is 4.39 Å². The molecule has 1 aromatic heterocycles. The summed E-state index contributed by atoms with van der Waals surface area (Å²) in [6.07, 6.45) is 3.32. The summed E-state index contributed by atoms with van der Waals surface area (Å²) in [5.74, 6) is 0.454. The number of aryl methyl sites for hydroxylation is 1. The van der Waals surface area contributed by atoms with Crippen molar-refractivity contribution < 1.29 is 9.13 Å². The van der Waals surface area contributed by atoms with Gasteiger partial charge in [-0.15, -0.1) is 0 Å². The zero-order chi connectivity index (χ0) is 15.5. The molecule has 0 aliphatic rings. The van der Waals surface area contributed by atoms with Gasteiger partial charge in [0.15, 0.2) is 11.6 Å². The lowest BCUT2D eigenvalue weighted by molar-refractivity contribution is 0.406. The van der Waals surface area contributed by atoms with E-state index < -0.39 is 0 Å². The van der Waals surface area contributed by atoms with Crippen LogP contribution in [0, 0.1) is 12.7 Å². The lowest BCUT2D eigenvalue weighted by Crippen LogP contribution is -2.35. The summed E-state index contributed by atoms with van der Waals surface area (Å²) in [5.41, 5.74) is 1.50. The number of pyridine rings is 1. The summed E-state index contributed by atoms with van der Waals surface area (Å²) >= 11 is 0. The third-order valence-electron chi connectivity index (χ3n) is 3.06. The van der Waals surface area contributed by atoms with Crippen molar-refractivity contribution in [3.63, 3.8) is 0 Å². The van der Waals surface area contributed by atoms with Crippen molar-refractivity contribution in [3.8, 4) is 11.5 Å². The smallest absolute Gasteiger partial charge is 0.168 e. The van der Waals surface area contributed by atoms with Crippen LogP contribution in [0.5, 0.6) is 11.5 Å². The minimum atomic E-state index is -0.337. The molecule has 0 saturated heterocycles. The maximum atomic E-state index is 14.0. The largest absolute Gasteiger partial charge is 0.452 e. The second-order valence-electron chi connectivity index (χ2n) is 6.08. The molecule has 2 rings (SSSR count). The van der Waals surface area contributed by atoms with Gasteiger partial charge < -0.3 is 10.1 Å². The molecule has 0 atom stereocenters. The van der Waals surface area contributed by atoms with Crippen molar-refractivity contribution in [1.82, 2.24) is 10.3 Å². The molecular formula is C17H21FN2O. The summed E-state index contributed by atoms with van der Waals surface area (Å²) in [5, 5.41) is 3.39. The molecule has 1 heterocycles. The topological polar surface area (TPSA) is 34.1 Å².